The van der Waals surface area contributed by atoms with Gasteiger partial charge in [-0.25, -0.2) is 0 Å². The van der Waals surface area contributed by atoms with Gasteiger partial charge in [-0.2, -0.15) is 0 Å². The first kappa shape index (κ1) is 18.1. The van der Waals surface area contributed by atoms with Crippen LogP contribution < -0.4 is 0 Å². The van der Waals surface area contributed by atoms with Crippen molar-refractivity contribution in [3.8, 4) is 0 Å². The Morgan fingerprint density at radius 3 is 2.57 bits per heavy atom. The van der Waals surface area contributed by atoms with Crippen LogP contribution >= 0.6 is 15.9 Å². The lowest BCUT2D eigenvalue weighted by Crippen LogP contribution is -2.02. The van der Waals surface area contributed by atoms with Crippen LogP contribution in [0.1, 0.15) is 31.2 Å². The molecule has 0 radical (unpaired) electrons. The monoisotopic (exact) mass is 359 g/mol. The van der Waals surface area contributed by atoms with Crippen LogP contribution in [0.25, 0.3) is 0 Å². The third kappa shape index (κ3) is 8.80. The number of alkyl halides is 1. The van der Waals surface area contributed by atoms with Gasteiger partial charge in [-0.3, -0.25) is 10.1 Å². The lowest BCUT2D eigenvalue weighted by atomic mass is 10.2. The van der Waals surface area contributed by atoms with E-state index in [-0.39, 0.29) is 5.69 Å². The Bertz CT molecular complexity index is 414. The van der Waals surface area contributed by atoms with Crippen molar-refractivity contribution >= 4 is 21.6 Å². The van der Waals surface area contributed by atoms with E-state index in [1.807, 2.05) is 6.07 Å². The summed E-state index contributed by atoms with van der Waals surface area (Å²) in [5, 5.41) is 11.7. The number of nitro benzene ring substituents is 1. The Balaban J connectivity index is 2.01. The smallest absolute Gasteiger partial charge is 0.269 e. The van der Waals surface area contributed by atoms with Crippen LogP contribution in [0.3, 0.4) is 0 Å². The second-order valence-corrected chi connectivity index (χ2v) is 5.49. The van der Waals surface area contributed by atoms with E-state index >= 15 is 0 Å². The highest BCUT2D eigenvalue weighted by Gasteiger charge is 2.05. The highest BCUT2D eigenvalue weighted by atomic mass is 79.9. The van der Waals surface area contributed by atoms with Crippen molar-refractivity contribution in [3.05, 3.63) is 39.9 Å². The van der Waals surface area contributed by atoms with E-state index < -0.39 is 4.92 Å². The fourth-order valence-electron chi connectivity index (χ4n) is 1.79. The SMILES string of the molecule is O=[N+]([O-])c1cccc(COCCCOCCCCCBr)c1. The summed E-state index contributed by atoms with van der Waals surface area (Å²) in [7, 11) is 0. The summed E-state index contributed by atoms with van der Waals surface area (Å²) in [5.41, 5.74) is 0.919. The second-order valence-electron chi connectivity index (χ2n) is 4.70. The molecule has 1 rings (SSSR count). The predicted octanol–water partition coefficient (Wildman–Crippen LogP) is 4.08. The minimum absolute atomic E-state index is 0.0999. The maximum Gasteiger partial charge on any atom is 0.269 e. The molecule has 0 saturated heterocycles. The molecule has 1 aromatic carbocycles. The van der Waals surface area contributed by atoms with Crippen molar-refractivity contribution < 1.29 is 14.4 Å². The van der Waals surface area contributed by atoms with E-state index in [1.165, 1.54) is 18.9 Å². The zero-order valence-electron chi connectivity index (χ0n) is 12.1. The van der Waals surface area contributed by atoms with Crippen molar-refractivity contribution in [3.63, 3.8) is 0 Å². The third-order valence-corrected chi connectivity index (χ3v) is 3.45. The summed E-state index contributed by atoms with van der Waals surface area (Å²) >= 11 is 3.40. The highest BCUT2D eigenvalue weighted by Crippen LogP contribution is 2.13. The van der Waals surface area contributed by atoms with Gasteiger partial charge in [0.2, 0.25) is 0 Å². The summed E-state index contributed by atoms with van der Waals surface area (Å²) in [4.78, 5) is 10.2. The topological polar surface area (TPSA) is 61.6 Å². The van der Waals surface area contributed by atoms with Gasteiger partial charge in [0.1, 0.15) is 0 Å². The Morgan fingerprint density at radius 1 is 1.05 bits per heavy atom. The number of unbranched alkanes of at least 4 members (excludes halogenated alkanes) is 2. The molecule has 118 valence electrons. The summed E-state index contributed by atoms with van der Waals surface area (Å²) in [6.07, 6.45) is 4.32. The van der Waals surface area contributed by atoms with Crippen LogP contribution in [0, 0.1) is 10.1 Å². The van der Waals surface area contributed by atoms with Gasteiger partial charge in [0.15, 0.2) is 0 Å². The fraction of sp³-hybridized carbons (Fsp3) is 0.600. The molecule has 0 heterocycles. The number of rotatable bonds is 12. The molecular weight excluding hydrogens is 338 g/mol. The number of hydrogen-bond acceptors (Lipinski definition) is 4. The molecule has 0 unspecified atom stereocenters. The van der Waals surface area contributed by atoms with Crippen LogP contribution in [0.4, 0.5) is 5.69 Å². The molecule has 0 spiro atoms. The van der Waals surface area contributed by atoms with Crippen LogP contribution in [-0.4, -0.2) is 30.1 Å². The molecule has 1 aromatic rings. The number of halogens is 1. The van der Waals surface area contributed by atoms with Gasteiger partial charge in [-0.1, -0.05) is 34.5 Å². The van der Waals surface area contributed by atoms with Gasteiger partial charge in [0, 0.05) is 37.3 Å². The first-order chi connectivity index (χ1) is 10.2. The summed E-state index contributed by atoms with van der Waals surface area (Å²) in [6, 6.07) is 6.52. The van der Waals surface area contributed by atoms with Crippen LogP contribution in [-0.2, 0) is 16.1 Å². The average molecular weight is 360 g/mol. The van der Waals surface area contributed by atoms with Crippen LogP contribution in [0.5, 0.6) is 0 Å². The summed E-state index contributed by atoms with van der Waals surface area (Å²) in [6.45, 7) is 2.50. The zero-order chi connectivity index (χ0) is 15.3. The largest absolute Gasteiger partial charge is 0.381 e. The van der Waals surface area contributed by atoms with Crippen molar-refractivity contribution in [1.29, 1.82) is 0 Å². The fourth-order valence-corrected chi connectivity index (χ4v) is 2.19. The average Bonchev–Trinajstić information content (AvgIpc) is 2.49. The molecule has 0 bridgehead atoms. The molecule has 0 aliphatic carbocycles. The van der Waals surface area contributed by atoms with E-state index in [0.717, 1.165) is 30.3 Å². The van der Waals surface area contributed by atoms with Gasteiger partial charge < -0.3 is 9.47 Å². The maximum absolute atomic E-state index is 10.6. The van der Waals surface area contributed by atoms with Gasteiger partial charge in [-0.05, 0) is 24.8 Å². The van der Waals surface area contributed by atoms with E-state index in [4.69, 9.17) is 9.47 Å². The molecule has 0 atom stereocenters. The molecule has 6 heteroatoms. The Hall–Kier alpha value is -0.980. The van der Waals surface area contributed by atoms with Crippen LogP contribution in [0.15, 0.2) is 24.3 Å². The standard InChI is InChI=1S/C15H22BrNO4/c16-8-2-1-3-9-20-10-5-11-21-13-14-6-4-7-15(12-14)17(18)19/h4,6-7,12H,1-3,5,8-11,13H2. The van der Waals surface area contributed by atoms with Gasteiger partial charge >= 0.3 is 0 Å². The van der Waals surface area contributed by atoms with Crippen LogP contribution in [0.2, 0.25) is 0 Å². The van der Waals surface area contributed by atoms with Crippen molar-refractivity contribution in [2.45, 2.75) is 32.3 Å². The number of benzene rings is 1. The molecule has 5 nitrogen and oxygen atoms in total. The second kappa shape index (κ2) is 11.7. The van der Waals surface area contributed by atoms with Crippen molar-refractivity contribution in [1.82, 2.24) is 0 Å². The molecule has 0 fully saturated rings. The van der Waals surface area contributed by atoms with Crippen molar-refractivity contribution in [2.75, 3.05) is 25.2 Å². The van der Waals surface area contributed by atoms with E-state index in [2.05, 4.69) is 15.9 Å². The minimum atomic E-state index is -0.396. The molecule has 0 aromatic heterocycles. The lowest BCUT2D eigenvalue weighted by Gasteiger charge is -2.06. The third-order valence-electron chi connectivity index (χ3n) is 2.89. The molecule has 0 saturated carbocycles. The number of nitro groups is 1. The predicted molar refractivity (Wildman–Crippen MR) is 85.8 cm³/mol. The summed E-state index contributed by atoms with van der Waals surface area (Å²) < 4.78 is 11.0. The number of non-ortho nitro benzene ring substituents is 1. The van der Waals surface area contributed by atoms with Gasteiger partial charge in [0.25, 0.3) is 5.69 Å². The number of nitrogens with zero attached hydrogens (tertiary/aromatic N) is 1. The first-order valence-electron chi connectivity index (χ1n) is 7.19. The quantitative estimate of drug-likeness (QED) is 0.244. The number of hydrogen-bond donors (Lipinski definition) is 0. The Kier molecular flexibility index (Phi) is 10.0. The molecular formula is C15H22BrNO4. The normalized spacial score (nSPS) is 10.7. The molecule has 21 heavy (non-hydrogen) atoms. The maximum atomic E-state index is 10.6. The van der Waals surface area contributed by atoms with Gasteiger partial charge in [-0.15, -0.1) is 0 Å². The van der Waals surface area contributed by atoms with E-state index in [1.54, 1.807) is 12.1 Å². The Morgan fingerprint density at radius 2 is 1.81 bits per heavy atom. The van der Waals surface area contributed by atoms with Gasteiger partial charge in [0.05, 0.1) is 11.5 Å². The van der Waals surface area contributed by atoms with E-state index in [0.29, 0.717) is 19.8 Å². The first-order valence-corrected chi connectivity index (χ1v) is 8.31. The minimum Gasteiger partial charge on any atom is -0.381 e. The molecule has 0 aliphatic heterocycles. The lowest BCUT2D eigenvalue weighted by molar-refractivity contribution is -0.384. The highest BCUT2D eigenvalue weighted by molar-refractivity contribution is 9.09. The van der Waals surface area contributed by atoms with E-state index in [9.17, 15) is 10.1 Å². The molecule has 0 amide bonds. The van der Waals surface area contributed by atoms with Crippen molar-refractivity contribution in [2.24, 2.45) is 0 Å². The molecule has 0 N–H and O–H groups in total. The summed E-state index contributed by atoms with van der Waals surface area (Å²) in [5.74, 6) is 0. The zero-order valence-corrected chi connectivity index (χ0v) is 13.7. The Labute approximate surface area is 133 Å². The number of ether oxygens (including phenoxy) is 2. The molecule has 0 aliphatic rings.